The van der Waals surface area contributed by atoms with Gasteiger partial charge >= 0.3 is 5.97 Å². The maximum Gasteiger partial charge on any atom is 0.328 e. The summed E-state index contributed by atoms with van der Waals surface area (Å²) in [7, 11) is 4.59. The molecular weight excluding hydrogens is 468 g/mol. The number of nitrogens with one attached hydrogen (secondary N) is 1. The Kier molecular flexibility index (Phi) is 7.70. The average molecular weight is 499 g/mol. The Bertz CT molecular complexity index is 1230. The number of ether oxygens (including phenoxy) is 3. The second-order valence-electron chi connectivity index (χ2n) is 8.36. The maximum absolute atomic E-state index is 13.5. The topological polar surface area (TPSA) is 103 Å². The second-order valence-corrected chi connectivity index (χ2v) is 9.36. The largest absolute Gasteiger partial charge is 0.493 e. The summed E-state index contributed by atoms with van der Waals surface area (Å²) in [4.78, 5) is 37.6. The number of thiophene rings is 1. The minimum absolute atomic E-state index is 0.156. The van der Waals surface area contributed by atoms with Crippen LogP contribution < -0.4 is 14.8 Å². The van der Waals surface area contributed by atoms with Crippen molar-refractivity contribution in [2.75, 3.05) is 39.7 Å². The van der Waals surface area contributed by atoms with Crippen LogP contribution in [0.25, 0.3) is 10.2 Å². The van der Waals surface area contributed by atoms with Crippen molar-refractivity contribution in [1.82, 2.24) is 14.9 Å². The molecule has 1 fully saturated rings. The third-order valence-electron chi connectivity index (χ3n) is 6.31. The lowest BCUT2D eigenvalue weighted by Gasteiger charge is -2.33. The highest BCUT2D eigenvalue weighted by Crippen LogP contribution is 2.35. The standard InChI is InChI=1S/C25H30N4O5S/c1-15-20-22(26-11-10-16-8-9-18(32-2)19(13-16)33-3)27-14-28-23(20)35-21(15)24(30)29-12-6-5-7-17(29)25(31)34-4/h8-9,13-14,17H,5-7,10-12H2,1-4H3,(H,26,27,28). The van der Waals surface area contributed by atoms with Crippen molar-refractivity contribution in [3.8, 4) is 11.5 Å². The molecule has 1 aromatic carbocycles. The summed E-state index contributed by atoms with van der Waals surface area (Å²) in [5, 5.41) is 4.23. The number of methoxy groups -OCH3 is 3. The van der Waals surface area contributed by atoms with Crippen molar-refractivity contribution in [2.24, 2.45) is 0 Å². The molecule has 0 aliphatic carbocycles. The van der Waals surface area contributed by atoms with E-state index in [0.29, 0.717) is 41.7 Å². The fourth-order valence-corrected chi connectivity index (χ4v) is 5.56. The Balaban J connectivity index is 1.54. The summed E-state index contributed by atoms with van der Waals surface area (Å²) in [5.74, 6) is 1.54. The van der Waals surface area contributed by atoms with Gasteiger partial charge in [-0.3, -0.25) is 4.79 Å². The number of aromatic nitrogens is 2. The van der Waals surface area contributed by atoms with E-state index < -0.39 is 6.04 Å². The van der Waals surface area contributed by atoms with Gasteiger partial charge in [-0.2, -0.15) is 0 Å². The number of benzene rings is 1. The number of hydrogen-bond donors (Lipinski definition) is 1. The first kappa shape index (κ1) is 24.7. The number of esters is 1. The summed E-state index contributed by atoms with van der Waals surface area (Å²) in [6.45, 7) is 3.08. The number of anilines is 1. The van der Waals surface area contributed by atoms with Crippen LogP contribution in [0.1, 0.15) is 40.1 Å². The molecule has 0 spiro atoms. The first-order valence-electron chi connectivity index (χ1n) is 11.6. The van der Waals surface area contributed by atoms with E-state index in [0.717, 1.165) is 40.6 Å². The highest BCUT2D eigenvalue weighted by Gasteiger charge is 2.35. The van der Waals surface area contributed by atoms with E-state index in [1.54, 1.807) is 19.1 Å². The van der Waals surface area contributed by atoms with Gasteiger partial charge in [0.2, 0.25) is 0 Å². The number of amides is 1. The third kappa shape index (κ3) is 5.02. The Morgan fingerprint density at radius 2 is 1.94 bits per heavy atom. The van der Waals surface area contributed by atoms with Gasteiger partial charge in [-0.25, -0.2) is 14.8 Å². The monoisotopic (exact) mass is 498 g/mol. The number of nitrogens with zero attached hydrogens (tertiary/aromatic N) is 3. The van der Waals surface area contributed by atoms with Gasteiger partial charge in [-0.05, 0) is 55.9 Å². The van der Waals surface area contributed by atoms with Crippen LogP contribution in [0.2, 0.25) is 0 Å². The van der Waals surface area contributed by atoms with E-state index in [4.69, 9.17) is 14.2 Å². The van der Waals surface area contributed by atoms with E-state index in [-0.39, 0.29) is 11.9 Å². The molecule has 1 aliphatic heterocycles. The lowest BCUT2D eigenvalue weighted by atomic mass is 10.0. The molecule has 1 atom stereocenters. The highest BCUT2D eigenvalue weighted by molar-refractivity contribution is 7.20. The van der Waals surface area contributed by atoms with E-state index >= 15 is 0 Å². The molecule has 1 saturated heterocycles. The lowest BCUT2D eigenvalue weighted by Crippen LogP contribution is -2.48. The average Bonchev–Trinajstić information content (AvgIpc) is 3.24. The van der Waals surface area contributed by atoms with E-state index in [9.17, 15) is 9.59 Å². The van der Waals surface area contributed by atoms with Gasteiger partial charge in [-0.15, -0.1) is 11.3 Å². The Labute approximate surface area is 208 Å². The van der Waals surface area contributed by atoms with Crippen LogP contribution >= 0.6 is 11.3 Å². The van der Waals surface area contributed by atoms with Crippen molar-refractivity contribution in [2.45, 2.75) is 38.6 Å². The molecule has 2 aromatic heterocycles. The van der Waals surface area contributed by atoms with Gasteiger partial charge in [-0.1, -0.05) is 6.07 Å². The maximum atomic E-state index is 13.5. The molecule has 9 nitrogen and oxygen atoms in total. The number of fused-ring (bicyclic) bond motifs is 1. The van der Waals surface area contributed by atoms with Crippen LogP contribution in [-0.2, 0) is 16.0 Å². The fraction of sp³-hybridized carbons (Fsp3) is 0.440. The molecule has 186 valence electrons. The van der Waals surface area contributed by atoms with Crippen LogP contribution in [0.4, 0.5) is 5.82 Å². The molecule has 3 aromatic rings. The molecule has 4 rings (SSSR count). The van der Waals surface area contributed by atoms with E-state index in [1.807, 2.05) is 25.1 Å². The molecule has 10 heteroatoms. The van der Waals surface area contributed by atoms with Gasteiger partial charge < -0.3 is 24.4 Å². The first-order valence-corrected chi connectivity index (χ1v) is 12.4. The summed E-state index contributed by atoms with van der Waals surface area (Å²) >= 11 is 1.34. The zero-order valence-corrected chi connectivity index (χ0v) is 21.2. The number of aryl methyl sites for hydroxylation is 1. The smallest absolute Gasteiger partial charge is 0.328 e. The molecule has 3 heterocycles. The first-order chi connectivity index (χ1) is 17.0. The minimum atomic E-state index is -0.545. The Hall–Kier alpha value is -3.40. The van der Waals surface area contributed by atoms with Crippen molar-refractivity contribution in [3.63, 3.8) is 0 Å². The predicted octanol–water partition coefficient (Wildman–Crippen LogP) is 3.84. The van der Waals surface area contributed by atoms with E-state index in [1.165, 1.54) is 24.8 Å². The number of carbonyl (C=O) groups is 2. The molecule has 1 N–H and O–H groups in total. The Morgan fingerprint density at radius 1 is 1.14 bits per heavy atom. The molecule has 0 bridgehead atoms. The van der Waals surface area contributed by atoms with Crippen LogP contribution in [-0.4, -0.2) is 67.2 Å². The van der Waals surface area contributed by atoms with Crippen molar-refractivity contribution in [1.29, 1.82) is 0 Å². The number of piperidine rings is 1. The molecule has 1 amide bonds. The molecule has 35 heavy (non-hydrogen) atoms. The highest BCUT2D eigenvalue weighted by atomic mass is 32.1. The van der Waals surface area contributed by atoms with E-state index in [2.05, 4.69) is 15.3 Å². The lowest BCUT2D eigenvalue weighted by molar-refractivity contribution is -0.147. The van der Waals surface area contributed by atoms with Crippen LogP contribution in [0, 0.1) is 6.92 Å². The second kappa shape index (κ2) is 10.9. The summed E-state index contributed by atoms with van der Waals surface area (Å²) < 4.78 is 15.6. The summed E-state index contributed by atoms with van der Waals surface area (Å²) in [6.07, 6.45) is 4.63. The van der Waals surface area contributed by atoms with Gasteiger partial charge in [0.05, 0.1) is 31.6 Å². The fourth-order valence-electron chi connectivity index (χ4n) is 4.46. The van der Waals surface area contributed by atoms with Gasteiger partial charge in [0.25, 0.3) is 5.91 Å². The van der Waals surface area contributed by atoms with Crippen LogP contribution in [0.15, 0.2) is 24.5 Å². The molecule has 1 aliphatic rings. The summed E-state index contributed by atoms with van der Waals surface area (Å²) in [6, 6.07) is 5.30. The van der Waals surface area contributed by atoms with Crippen molar-refractivity contribution >= 4 is 39.2 Å². The number of rotatable bonds is 8. The zero-order valence-electron chi connectivity index (χ0n) is 20.4. The van der Waals surface area contributed by atoms with Gasteiger partial charge in [0.1, 0.15) is 23.0 Å². The summed E-state index contributed by atoms with van der Waals surface area (Å²) in [5.41, 5.74) is 1.91. The van der Waals surface area contributed by atoms with Crippen molar-refractivity contribution in [3.05, 3.63) is 40.5 Å². The minimum Gasteiger partial charge on any atom is -0.493 e. The zero-order chi connectivity index (χ0) is 24.9. The number of hydrogen-bond acceptors (Lipinski definition) is 9. The quantitative estimate of drug-likeness (QED) is 0.468. The molecule has 0 radical (unpaired) electrons. The predicted molar refractivity (Wildman–Crippen MR) is 135 cm³/mol. The number of likely N-dealkylation sites (tertiary alicyclic amines) is 1. The number of carbonyl (C=O) groups excluding carboxylic acids is 2. The van der Waals surface area contributed by atoms with Crippen molar-refractivity contribution < 1.29 is 23.8 Å². The van der Waals surface area contributed by atoms with Gasteiger partial charge in [0, 0.05) is 13.1 Å². The third-order valence-corrected chi connectivity index (χ3v) is 7.50. The molecule has 1 unspecified atom stereocenters. The molecule has 0 saturated carbocycles. The van der Waals surface area contributed by atoms with Gasteiger partial charge in [0.15, 0.2) is 11.5 Å². The van der Waals surface area contributed by atoms with Crippen LogP contribution in [0.5, 0.6) is 11.5 Å². The SMILES string of the molecule is COC(=O)C1CCCCN1C(=O)c1sc2ncnc(NCCc3ccc(OC)c(OC)c3)c2c1C. The Morgan fingerprint density at radius 3 is 2.69 bits per heavy atom. The normalized spacial score (nSPS) is 15.7. The molecular formula is C25H30N4O5S. The van der Waals surface area contributed by atoms with Crippen LogP contribution in [0.3, 0.4) is 0 Å².